The molecule has 0 aromatic heterocycles. The minimum atomic E-state index is -0.356. The molecule has 1 aliphatic rings. The summed E-state index contributed by atoms with van der Waals surface area (Å²) in [6, 6.07) is 10.0. The van der Waals surface area contributed by atoms with E-state index in [9.17, 15) is 9.59 Å². The van der Waals surface area contributed by atoms with Crippen LogP contribution in [0.3, 0.4) is 0 Å². The highest BCUT2D eigenvalue weighted by atomic mass is 16.5. The van der Waals surface area contributed by atoms with Crippen molar-refractivity contribution in [3.05, 3.63) is 35.9 Å². The van der Waals surface area contributed by atoms with E-state index >= 15 is 0 Å². The summed E-state index contributed by atoms with van der Waals surface area (Å²) in [5.41, 5.74) is 1.20. The van der Waals surface area contributed by atoms with Crippen LogP contribution in [0.25, 0.3) is 0 Å². The number of rotatable bonds is 6. The smallest absolute Gasteiger partial charge is 0.325 e. The number of carbonyl (C=O) groups is 2. The van der Waals surface area contributed by atoms with Gasteiger partial charge in [0.2, 0.25) is 5.91 Å². The second kappa shape index (κ2) is 7.94. The summed E-state index contributed by atoms with van der Waals surface area (Å²) in [7, 11) is 1.66. The van der Waals surface area contributed by atoms with Crippen molar-refractivity contribution in [1.29, 1.82) is 0 Å². The van der Waals surface area contributed by atoms with Gasteiger partial charge in [-0.15, -0.1) is 0 Å². The summed E-state index contributed by atoms with van der Waals surface area (Å²) in [6.45, 7) is 3.80. The molecule has 0 aliphatic carbocycles. The standard InChI is InChI=1S/C17H24N2O3/c1-3-22-16(20)13-18(2)17(21)15-10-7-11-19(15)12-14-8-5-4-6-9-14/h4-6,8-9,15H,3,7,10-13H2,1-2H3. The van der Waals surface area contributed by atoms with Crippen molar-refractivity contribution in [3.63, 3.8) is 0 Å². The maximum Gasteiger partial charge on any atom is 0.325 e. The van der Waals surface area contributed by atoms with Crippen LogP contribution >= 0.6 is 0 Å². The Labute approximate surface area is 131 Å². The molecule has 0 spiro atoms. The second-order valence-corrected chi connectivity index (χ2v) is 5.61. The average Bonchev–Trinajstić information content (AvgIpc) is 2.95. The molecule has 5 nitrogen and oxygen atoms in total. The van der Waals surface area contributed by atoms with Crippen molar-refractivity contribution < 1.29 is 14.3 Å². The quantitative estimate of drug-likeness (QED) is 0.750. The zero-order valence-electron chi connectivity index (χ0n) is 13.3. The topological polar surface area (TPSA) is 49.9 Å². The number of carbonyl (C=O) groups excluding carboxylic acids is 2. The first kappa shape index (κ1) is 16.5. The molecule has 1 saturated heterocycles. The van der Waals surface area contributed by atoms with Crippen LogP contribution in [0.15, 0.2) is 30.3 Å². The Kier molecular flexibility index (Phi) is 5.95. The molecule has 1 unspecified atom stereocenters. The Bertz CT molecular complexity index is 504. The molecule has 1 atom stereocenters. The van der Waals surface area contributed by atoms with Crippen LogP contribution in [0.5, 0.6) is 0 Å². The van der Waals surface area contributed by atoms with E-state index < -0.39 is 0 Å². The lowest BCUT2D eigenvalue weighted by molar-refractivity contribution is -0.149. The van der Waals surface area contributed by atoms with Crippen LogP contribution in [0, 0.1) is 0 Å². The number of likely N-dealkylation sites (tertiary alicyclic amines) is 1. The third-order valence-corrected chi connectivity index (χ3v) is 3.93. The van der Waals surface area contributed by atoms with Crippen molar-refractivity contribution in [2.45, 2.75) is 32.4 Å². The highest BCUT2D eigenvalue weighted by Gasteiger charge is 2.33. The molecule has 22 heavy (non-hydrogen) atoms. The molecule has 1 aromatic carbocycles. The lowest BCUT2D eigenvalue weighted by Crippen LogP contribution is -2.45. The molecule has 5 heteroatoms. The van der Waals surface area contributed by atoms with Crippen LogP contribution in [-0.4, -0.2) is 54.5 Å². The van der Waals surface area contributed by atoms with E-state index in [0.29, 0.717) is 6.61 Å². The number of nitrogens with zero attached hydrogens (tertiary/aromatic N) is 2. The maximum absolute atomic E-state index is 12.6. The van der Waals surface area contributed by atoms with Crippen LogP contribution in [-0.2, 0) is 20.9 Å². The third kappa shape index (κ3) is 4.31. The molecule has 1 amide bonds. The van der Waals surface area contributed by atoms with Gasteiger partial charge in [0.05, 0.1) is 12.6 Å². The first-order valence-corrected chi connectivity index (χ1v) is 7.80. The van der Waals surface area contributed by atoms with E-state index in [1.165, 1.54) is 10.5 Å². The molecule has 1 fully saturated rings. The Morgan fingerprint density at radius 2 is 2.05 bits per heavy atom. The lowest BCUT2D eigenvalue weighted by atomic mass is 10.1. The summed E-state index contributed by atoms with van der Waals surface area (Å²) in [5.74, 6) is -0.354. The van der Waals surface area contributed by atoms with Crippen LogP contribution in [0.1, 0.15) is 25.3 Å². The Morgan fingerprint density at radius 3 is 2.73 bits per heavy atom. The van der Waals surface area contributed by atoms with Crippen molar-refractivity contribution in [3.8, 4) is 0 Å². The predicted octanol–water partition coefficient (Wildman–Crippen LogP) is 1.67. The average molecular weight is 304 g/mol. The molecule has 1 aliphatic heterocycles. The van der Waals surface area contributed by atoms with Gasteiger partial charge in [0, 0.05) is 13.6 Å². The second-order valence-electron chi connectivity index (χ2n) is 5.61. The van der Waals surface area contributed by atoms with E-state index in [4.69, 9.17) is 4.74 Å². The first-order chi connectivity index (χ1) is 10.6. The van der Waals surface area contributed by atoms with Crippen LogP contribution < -0.4 is 0 Å². The largest absolute Gasteiger partial charge is 0.465 e. The molecule has 1 heterocycles. The van der Waals surface area contributed by atoms with Gasteiger partial charge in [-0.2, -0.15) is 0 Å². The monoisotopic (exact) mass is 304 g/mol. The van der Waals surface area contributed by atoms with E-state index in [2.05, 4.69) is 17.0 Å². The van der Waals surface area contributed by atoms with Gasteiger partial charge in [-0.05, 0) is 31.9 Å². The fourth-order valence-electron chi connectivity index (χ4n) is 2.85. The minimum absolute atomic E-state index is 0.00137. The fraction of sp³-hybridized carbons (Fsp3) is 0.529. The van der Waals surface area contributed by atoms with Gasteiger partial charge in [0.1, 0.15) is 6.54 Å². The molecule has 0 saturated carbocycles. The van der Waals surface area contributed by atoms with Gasteiger partial charge >= 0.3 is 5.97 Å². The number of likely N-dealkylation sites (N-methyl/N-ethyl adjacent to an activating group) is 1. The molecular weight excluding hydrogens is 280 g/mol. The Hall–Kier alpha value is -1.88. The van der Waals surface area contributed by atoms with Gasteiger partial charge in [-0.1, -0.05) is 30.3 Å². The van der Waals surface area contributed by atoms with Crippen molar-refractivity contribution in [2.75, 3.05) is 26.7 Å². The molecule has 0 bridgehead atoms. The number of amides is 1. The third-order valence-electron chi connectivity index (χ3n) is 3.93. The van der Waals surface area contributed by atoms with Gasteiger partial charge in [-0.25, -0.2) is 0 Å². The molecule has 2 rings (SSSR count). The van der Waals surface area contributed by atoms with Gasteiger partial charge in [0.25, 0.3) is 0 Å². The summed E-state index contributed by atoms with van der Waals surface area (Å²) >= 11 is 0. The van der Waals surface area contributed by atoms with E-state index in [1.54, 1.807) is 14.0 Å². The van der Waals surface area contributed by atoms with E-state index in [0.717, 1.165) is 25.9 Å². The SMILES string of the molecule is CCOC(=O)CN(C)C(=O)C1CCCN1Cc1ccccc1. The van der Waals surface area contributed by atoms with E-state index in [1.807, 2.05) is 18.2 Å². The zero-order chi connectivity index (χ0) is 15.9. The van der Waals surface area contributed by atoms with Gasteiger partial charge in [0.15, 0.2) is 0 Å². The summed E-state index contributed by atoms with van der Waals surface area (Å²) < 4.78 is 4.90. The first-order valence-electron chi connectivity index (χ1n) is 7.80. The Morgan fingerprint density at radius 1 is 1.32 bits per heavy atom. The minimum Gasteiger partial charge on any atom is -0.465 e. The predicted molar refractivity (Wildman–Crippen MR) is 84.1 cm³/mol. The number of hydrogen-bond donors (Lipinski definition) is 0. The van der Waals surface area contributed by atoms with Crippen molar-refractivity contribution in [2.24, 2.45) is 0 Å². The summed E-state index contributed by atoms with van der Waals surface area (Å²) in [5, 5.41) is 0. The van der Waals surface area contributed by atoms with E-state index in [-0.39, 0.29) is 24.5 Å². The highest BCUT2D eigenvalue weighted by Crippen LogP contribution is 2.21. The van der Waals surface area contributed by atoms with Crippen molar-refractivity contribution >= 4 is 11.9 Å². The molecule has 0 radical (unpaired) electrons. The number of hydrogen-bond acceptors (Lipinski definition) is 4. The van der Waals surface area contributed by atoms with Gasteiger partial charge in [-0.3, -0.25) is 14.5 Å². The lowest BCUT2D eigenvalue weighted by Gasteiger charge is -2.27. The Balaban J connectivity index is 1.94. The fourth-order valence-corrected chi connectivity index (χ4v) is 2.85. The molecule has 0 N–H and O–H groups in total. The number of benzene rings is 1. The zero-order valence-corrected chi connectivity index (χ0v) is 13.3. The molecular formula is C17H24N2O3. The molecule has 1 aromatic rings. The van der Waals surface area contributed by atoms with Gasteiger partial charge < -0.3 is 9.64 Å². The molecule has 120 valence electrons. The maximum atomic E-state index is 12.6. The van der Waals surface area contributed by atoms with Crippen molar-refractivity contribution in [1.82, 2.24) is 9.80 Å². The van der Waals surface area contributed by atoms with Crippen LogP contribution in [0.2, 0.25) is 0 Å². The van der Waals surface area contributed by atoms with Crippen LogP contribution in [0.4, 0.5) is 0 Å². The summed E-state index contributed by atoms with van der Waals surface area (Å²) in [4.78, 5) is 27.7. The number of esters is 1. The number of ether oxygens (including phenoxy) is 1. The normalized spacial score (nSPS) is 18.2. The highest BCUT2D eigenvalue weighted by molar-refractivity contribution is 5.85. The summed E-state index contributed by atoms with van der Waals surface area (Å²) in [6.07, 6.45) is 1.86.